The summed E-state index contributed by atoms with van der Waals surface area (Å²) in [6, 6.07) is 16.3. The van der Waals surface area contributed by atoms with E-state index in [2.05, 4.69) is 48.3 Å². The molecule has 12 heteroatoms. The predicted molar refractivity (Wildman–Crippen MR) is 155 cm³/mol. The van der Waals surface area contributed by atoms with Gasteiger partial charge in [-0.3, -0.25) is 9.69 Å². The molecular formula is C30H34N8O4. The lowest BCUT2D eigenvalue weighted by Crippen LogP contribution is -2.56. The van der Waals surface area contributed by atoms with Crippen molar-refractivity contribution in [2.75, 3.05) is 69.3 Å². The maximum atomic E-state index is 11.9. The van der Waals surface area contributed by atoms with Crippen molar-refractivity contribution < 1.29 is 19.4 Å². The molecule has 3 saturated heterocycles. The van der Waals surface area contributed by atoms with E-state index in [1.807, 2.05) is 19.1 Å². The van der Waals surface area contributed by atoms with Crippen LogP contribution in [0.5, 0.6) is 5.75 Å². The number of rotatable bonds is 8. The van der Waals surface area contributed by atoms with E-state index < -0.39 is 6.61 Å². The highest BCUT2D eigenvalue weighted by atomic mass is 16.5. The lowest BCUT2D eigenvalue weighted by atomic mass is 10.1. The first-order valence-corrected chi connectivity index (χ1v) is 14.2. The number of aliphatic hydroxyl groups excluding tert-OH is 1. The van der Waals surface area contributed by atoms with Crippen LogP contribution in [0.3, 0.4) is 0 Å². The summed E-state index contributed by atoms with van der Waals surface area (Å²) in [5, 5.41) is 22.2. The average Bonchev–Trinajstić information content (AvgIpc) is 3.36. The van der Waals surface area contributed by atoms with Crippen LogP contribution in [0.4, 0.5) is 17.3 Å². The summed E-state index contributed by atoms with van der Waals surface area (Å²) in [6.07, 6.45) is 1.17. The zero-order valence-corrected chi connectivity index (χ0v) is 23.5. The molecule has 3 aromatic rings. The Morgan fingerprint density at radius 2 is 1.90 bits per heavy atom. The summed E-state index contributed by atoms with van der Waals surface area (Å²) in [4.78, 5) is 31.5. The minimum Gasteiger partial charge on any atom is -0.487 e. The molecular weight excluding hydrogens is 536 g/mol. The van der Waals surface area contributed by atoms with Crippen molar-refractivity contribution in [1.29, 1.82) is 5.26 Å². The van der Waals surface area contributed by atoms with Crippen molar-refractivity contribution in [1.82, 2.24) is 24.8 Å². The molecule has 3 fully saturated rings. The molecule has 12 nitrogen and oxygen atoms in total. The number of aromatic nitrogens is 3. The molecule has 4 heterocycles. The number of nitrogens with zero attached hydrogens (tertiary/aromatic N) is 7. The molecule has 3 aliphatic rings. The van der Waals surface area contributed by atoms with Gasteiger partial charge in [0, 0.05) is 55.6 Å². The third-order valence-corrected chi connectivity index (χ3v) is 8.18. The van der Waals surface area contributed by atoms with Gasteiger partial charge in [-0.05, 0) is 42.5 Å². The maximum Gasteiger partial charge on any atom is 0.248 e. The average molecular weight is 571 g/mol. The van der Waals surface area contributed by atoms with E-state index in [0.717, 1.165) is 45.1 Å². The van der Waals surface area contributed by atoms with Gasteiger partial charge >= 0.3 is 0 Å². The van der Waals surface area contributed by atoms with Gasteiger partial charge in [0.1, 0.15) is 30.9 Å². The first-order chi connectivity index (χ1) is 20.5. The number of benzene rings is 2. The predicted octanol–water partition coefficient (Wildman–Crippen LogP) is 1.89. The molecule has 1 aromatic heterocycles. The number of carbonyl (C=O) groups excluding carboxylic acids is 1. The second-order valence-electron chi connectivity index (χ2n) is 10.9. The smallest absolute Gasteiger partial charge is 0.248 e. The largest absolute Gasteiger partial charge is 0.487 e. The van der Waals surface area contributed by atoms with Gasteiger partial charge in [-0.2, -0.15) is 10.2 Å². The number of piperazine rings is 1. The van der Waals surface area contributed by atoms with E-state index in [1.165, 1.54) is 12.0 Å². The molecule has 0 saturated carbocycles. The molecule has 0 aliphatic carbocycles. The van der Waals surface area contributed by atoms with Gasteiger partial charge in [0.2, 0.25) is 11.9 Å². The second-order valence-corrected chi connectivity index (χ2v) is 10.9. The van der Waals surface area contributed by atoms with Gasteiger partial charge < -0.3 is 29.7 Å². The van der Waals surface area contributed by atoms with E-state index in [9.17, 15) is 10.1 Å². The first-order valence-electron chi connectivity index (χ1n) is 14.2. The zero-order chi connectivity index (χ0) is 29.1. The standard InChI is InChI=1S/C30H34N8O4/c1-20-14-38(28(40)16-39)15-27(20)42-26-7-2-21(12-22(26)13-31)29-32-19-33-30(35-29)34-23-3-5-24(6-4-23)36-8-10-37(11-9-36)25-17-41-18-25/h2-7,12,19-20,25,27,39H,8-11,14-18H2,1H3,(H,32,33,34,35)/t20-,27+/m1/s1. The molecule has 2 N–H and O–H groups in total. The lowest BCUT2D eigenvalue weighted by molar-refractivity contribution is -0.133. The van der Waals surface area contributed by atoms with Gasteiger partial charge in [-0.15, -0.1) is 0 Å². The van der Waals surface area contributed by atoms with Crippen LogP contribution in [0, 0.1) is 17.2 Å². The van der Waals surface area contributed by atoms with Gasteiger partial charge in [0.05, 0.1) is 31.4 Å². The highest BCUT2D eigenvalue weighted by Gasteiger charge is 2.34. The van der Waals surface area contributed by atoms with Crippen LogP contribution in [0.1, 0.15) is 12.5 Å². The molecule has 0 radical (unpaired) electrons. The Balaban J connectivity index is 1.09. The fraction of sp³-hybridized carbons (Fsp3) is 0.433. The highest BCUT2D eigenvalue weighted by Crippen LogP contribution is 2.29. The SMILES string of the molecule is C[C@@H]1CN(C(=O)CO)C[C@@H]1Oc1ccc(-c2ncnc(Nc3ccc(N4CCN(C5COC5)CC4)cc3)n2)cc1C#N. The van der Waals surface area contributed by atoms with Crippen LogP contribution in [-0.4, -0.2) is 107 Å². The minimum absolute atomic E-state index is 0.0654. The van der Waals surface area contributed by atoms with E-state index in [4.69, 9.17) is 14.6 Å². The summed E-state index contributed by atoms with van der Waals surface area (Å²) in [5.41, 5.74) is 3.05. The van der Waals surface area contributed by atoms with Gasteiger partial charge in [0.15, 0.2) is 5.82 Å². The Hall–Kier alpha value is -4.31. The number of likely N-dealkylation sites (tertiary alicyclic amines) is 1. The molecule has 2 atom stereocenters. The number of nitrogens with one attached hydrogen (secondary N) is 1. The number of hydrogen-bond donors (Lipinski definition) is 2. The van der Waals surface area contributed by atoms with Gasteiger partial charge in [-0.25, -0.2) is 9.97 Å². The number of carbonyl (C=O) groups is 1. The number of ether oxygens (including phenoxy) is 2. The molecule has 0 unspecified atom stereocenters. The topological polar surface area (TPSA) is 140 Å². The third-order valence-electron chi connectivity index (χ3n) is 8.18. The maximum absolute atomic E-state index is 11.9. The summed E-state index contributed by atoms with van der Waals surface area (Å²) in [5.74, 6) is 0.998. The number of hydrogen-bond acceptors (Lipinski definition) is 11. The van der Waals surface area contributed by atoms with Crippen LogP contribution in [-0.2, 0) is 9.53 Å². The van der Waals surface area contributed by atoms with Crippen LogP contribution < -0.4 is 15.0 Å². The molecule has 6 rings (SSSR count). The van der Waals surface area contributed by atoms with Crippen molar-refractivity contribution in [3.05, 3.63) is 54.4 Å². The monoisotopic (exact) mass is 570 g/mol. The van der Waals surface area contributed by atoms with E-state index in [-0.39, 0.29) is 17.9 Å². The Bertz CT molecular complexity index is 1450. The molecule has 218 valence electrons. The zero-order valence-electron chi connectivity index (χ0n) is 23.5. The first kappa shape index (κ1) is 27.8. The molecule has 0 bridgehead atoms. The van der Waals surface area contributed by atoms with Crippen molar-refractivity contribution in [2.45, 2.75) is 19.1 Å². The summed E-state index contributed by atoms with van der Waals surface area (Å²) in [6.45, 7) is 8.12. The number of anilines is 3. The highest BCUT2D eigenvalue weighted by molar-refractivity contribution is 5.77. The summed E-state index contributed by atoms with van der Waals surface area (Å²) in [7, 11) is 0. The van der Waals surface area contributed by atoms with E-state index in [0.29, 0.717) is 47.8 Å². The lowest BCUT2D eigenvalue weighted by Gasteiger charge is -2.43. The fourth-order valence-corrected chi connectivity index (χ4v) is 5.58. The fourth-order valence-electron chi connectivity index (χ4n) is 5.58. The third kappa shape index (κ3) is 5.99. The van der Waals surface area contributed by atoms with E-state index in [1.54, 1.807) is 23.1 Å². The van der Waals surface area contributed by atoms with Crippen molar-refractivity contribution in [3.8, 4) is 23.2 Å². The number of amides is 1. The Morgan fingerprint density at radius 3 is 2.60 bits per heavy atom. The van der Waals surface area contributed by atoms with Crippen LogP contribution >= 0.6 is 0 Å². The quantitative estimate of drug-likeness (QED) is 0.410. The van der Waals surface area contributed by atoms with E-state index >= 15 is 0 Å². The van der Waals surface area contributed by atoms with Crippen molar-refractivity contribution >= 4 is 23.2 Å². The van der Waals surface area contributed by atoms with Gasteiger partial charge in [-0.1, -0.05) is 6.92 Å². The van der Waals surface area contributed by atoms with Gasteiger partial charge in [0.25, 0.3) is 0 Å². The number of aliphatic hydroxyl groups is 1. The molecule has 0 spiro atoms. The molecule has 2 aromatic carbocycles. The van der Waals surface area contributed by atoms with Crippen molar-refractivity contribution in [3.63, 3.8) is 0 Å². The Kier molecular flexibility index (Phi) is 8.14. The summed E-state index contributed by atoms with van der Waals surface area (Å²) < 4.78 is 11.5. The van der Waals surface area contributed by atoms with Crippen LogP contribution in [0.2, 0.25) is 0 Å². The minimum atomic E-state index is -0.527. The van der Waals surface area contributed by atoms with Crippen molar-refractivity contribution in [2.24, 2.45) is 5.92 Å². The Labute approximate surface area is 244 Å². The molecule has 42 heavy (non-hydrogen) atoms. The Morgan fingerprint density at radius 1 is 1.12 bits per heavy atom. The summed E-state index contributed by atoms with van der Waals surface area (Å²) >= 11 is 0. The van der Waals surface area contributed by atoms with Crippen LogP contribution in [0.25, 0.3) is 11.4 Å². The second kappa shape index (κ2) is 12.3. The molecule has 3 aliphatic heterocycles. The number of nitriles is 1. The normalized spacial score (nSPS) is 21.1. The molecule has 1 amide bonds. The van der Waals surface area contributed by atoms with Crippen LogP contribution in [0.15, 0.2) is 48.8 Å².